The van der Waals surface area contributed by atoms with Crippen molar-refractivity contribution in [3.8, 4) is 5.75 Å². The Morgan fingerprint density at radius 1 is 1.17 bits per heavy atom. The Bertz CT molecular complexity index is 542. The molecule has 1 atom stereocenters. The zero-order valence-electron chi connectivity index (χ0n) is 9.82. The van der Waals surface area contributed by atoms with E-state index >= 15 is 0 Å². The summed E-state index contributed by atoms with van der Waals surface area (Å²) in [4.78, 5) is 0. The second kappa shape index (κ2) is 5.27. The first-order chi connectivity index (χ1) is 8.56. The maximum absolute atomic E-state index is 13.6. The van der Waals surface area contributed by atoms with Gasteiger partial charge < -0.3 is 10.4 Å². The third-order valence-corrected chi connectivity index (χ3v) is 2.93. The quantitative estimate of drug-likeness (QED) is 0.864. The summed E-state index contributed by atoms with van der Waals surface area (Å²) in [5, 5.41) is 13.0. The number of benzene rings is 2. The van der Waals surface area contributed by atoms with Gasteiger partial charge in [-0.15, -0.1) is 0 Å². The van der Waals surface area contributed by atoms with Gasteiger partial charge in [0.05, 0.1) is 6.04 Å². The van der Waals surface area contributed by atoms with Crippen LogP contribution in [0.25, 0.3) is 0 Å². The minimum Gasteiger partial charge on any atom is -0.508 e. The number of rotatable bonds is 3. The van der Waals surface area contributed by atoms with Crippen molar-refractivity contribution in [2.24, 2.45) is 0 Å². The third-order valence-electron chi connectivity index (χ3n) is 2.68. The molecule has 4 heteroatoms. The number of hydrogen-bond acceptors (Lipinski definition) is 2. The number of hydrogen-bond donors (Lipinski definition) is 2. The number of phenolic OH excluding ortho intramolecular Hbond substituents is 1. The molecule has 0 heterocycles. The summed E-state index contributed by atoms with van der Waals surface area (Å²) >= 11 is 5.79. The van der Waals surface area contributed by atoms with Gasteiger partial charge in [0.1, 0.15) is 11.6 Å². The van der Waals surface area contributed by atoms with E-state index in [4.69, 9.17) is 16.7 Å². The summed E-state index contributed by atoms with van der Waals surface area (Å²) in [6.45, 7) is 1.85. The van der Waals surface area contributed by atoms with Crippen molar-refractivity contribution in [1.82, 2.24) is 0 Å². The Morgan fingerprint density at radius 3 is 2.44 bits per heavy atom. The molecule has 2 nitrogen and oxygen atoms in total. The van der Waals surface area contributed by atoms with Crippen LogP contribution in [-0.4, -0.2) is 5.11 Å². The Morgan fingerprint density at radius 2 is 1.83 bits per heavy atom. The lowest BCUT2D eigenvalue weighted by Crippen LogP contribution is -2.08. The summed E-state index contributed by atoms with van der Waals surface area (Å²) in [7, 11) is 0. The fourth-order valence-electron chi connectivity index (χ4n) is 1.74. The molecule has 0 spiro atoms. The molecule has 0 saturated carbocycles. The summed E-state index contributed by atoms with van der Waals surface area (Å²) in [6, 6.07) is 11.1. The highest BCUT2D eigenvalue weighted by Gasteiger charge is 2.11. The molecule has 1 unspecified atom stereocenters. The molecule has 2 rings (SSSR count). The highest BCUT2D eigenvalue weighted by Crippen LogP contribution is 2.24. The Labute approximate surface area is 110 Å². The molecule has 0 aliphatic carbocycles. The van der Waals surface area contributed by atoms with Crippen molar-refractivity contribution in [2.45, 2.75) is 13.0 Å². The van der Waals surface area contributed by atoms with Gasteiger partial charge in [-0.25, -0.2) is 4.39 Å². The van der Waals surface area contributed by atoms with Gasteiger partial charge >= 0.3 is 0 Å². The highest BCUT2D eigenvalue weighted by atomic mass is 35.5. The van der Waals surface area contributed by atoms with E-state index in [1.807, 2.05) is 19.1 Å². The molecular weight excluding hydrogens is 253 g/mol. The lowest BCUT2D eigenvalue weighted by atomic mass is 10.1. The van der Waals surface area contributed by atoms with E-state index in [2.05, 4.69) is 5.32 Å². The topological polar surface area (TPSA) is 32.3 Å². The maximum Gasteiger partial charge on any atom is 0.132 e. The van der Waals surface area contributed by atoms with E-state index in [-0.39, 0.29) is 11.8 Å². The normalized spacial score (nSPS) is 12.2. The smallest absolute Gasteiger partial charge is 0.132 e. The molecular formula is C14H13ClFNO. The number of aromatic hydroxyl groups is 1. The second-order valence-corrected chi connectivity index (χ2v) is 4.52. The predicted octanol–water partition coefficient (Wildman–Crippen LogP) is 4.36. The van der Waals surface area contributed by atoms with Crippen molar-refractivity contribution in [1.29, 1.82) is 0 Å². The molecule has 2 N–H and O–H groups in total. The highest BCUT2D eigenvalue weighted by molar-refractivity contribution is 6.30. The molecule has 0 aromatic heterocycles. The number of anilines is 1. The standard InChI is InChI=1S/C14H13ClFNO/c1-9(13-7-6-12(18)8-14(13)16)17-11-4-2-10(15)3-5-11/h2-9,17-18H,1H3. The molecule has 0 fully saturated rings. The Balaban J connectivity index is 2.16. The van der Waals surface area contributed by atoms with Gasteiger partial charge in [-0.1, -0.05) is 17.7 Å². The fraction of sp³-hybridized carbons (Fsp3) is 0.143. The van der Waals surface area contributed by atoms with Gasteiger partial charge in [0.2, 0.25) is 0 Å². The lowest BCUT2D eigenvalue weighted by Gasteiger charge is -2.16. The zero-order chi connectivity index (χ0) is 13.1. The van der Waals surface area contributed by atoms with E-state index in [9.17, 15) is 4.39 Å². The average Bonchev–Trinajstić information content (AvgIpc) is 2.32. The predicted molar refractivity (Wildman–Crippen MR) is 71.6 cm³/mol. The van der Waals surface area contributed by atoms with Crippen LogP contribution in [-0.2, 0) is 0 Å². The van der Waals surface area contributed by atoms with Crippen molar-refractivity contribution in [2.75, 3.05) is 5.32 Å². The summed E-state index contributed by atoms with van der Waals surface area (Å²) in [5.41, 5.74) is 1.36. The summed E-state index contributed by atoms with van der Waals surface area (Å²) in [6.07, 6.45) is 0. The fourth-order valence-corrected chi connectivity index (χ4v) is 1.87. The summed E-state index contributed by atoms with van der Waals surface area (Å²) in [5.74, 6) is -0.501. The molecule has 2 aromatic carbocycles. The molecule has 0 bridgehead atoms. The molecule has 0 aliphatic heterocycles. The largest absolute Gasteiger partial charge is 0.508 e. The van der Waals surface area contributed by atoms with E-state index in [1.54, 1.807) is 18.2 Å². The van der Waals surface area contributed by atoms with E-state index in [1.165, 1.54) is 6.07 Å². The SMILES string of the molecule is CC(Nc1ccc(Cl)cc1)c1ccc(O)cc1F. The molecule has 94 valence electrons. The van der Waals surface area contributed by atoms with Crippen molar-refractivity contribution < 1.29 is 9.50 Å². The molecule has 0 aliphatic rings. The molecule has 0 amide bonds. The second-order valence-electron chi connectivity index (χ2n) is 4.08. The first-order valence-corrected chi connectivity index (χ1v) is 5.94. The van der Waals surface area contributed by atoms with Crippen molar-refractivity contribution in [3.05, 3.63) is 58.9 Å². The van der Waals surface area contributed by atoms with Gasteiger partial charge in [-0.05, 0) is 37.3 Å². The van der Waals surface area contributed by atoms with Gasteiger partial charge in [-0.3, -0.25) is 0 Å². The van der Waals surface area contributed by atoms with Gasteiger partial charge in [0.15, 0.2) is 0 Å². The molecule has 2 aromatic rings. The monoisotopic (exact) mass is 265 g/mol. The molecule has 18 heavy (non-hydrogen) atoms. The van der Waals surface area contributed by atoms with Crippen LogP contribution in [0.1, 0.15) is 18.5 Å². The van der Waals surface area contributed by atoms with Crippen molar-refractivity contribution >= 4 is 17.3 Å². The third kappa shape index (κ3) is 2.93. The van der Waals surface area contributed by atoms with E-state index in [0.717, 1.165) is 11.8 Å². The van der Waals surface area contributed by atoms with Gasteiger partial charge in [0.25, 0.3) is 0 Å². The van der Waals surface area contributed by atoms with Crippen molar-refractivity contribution in [3.63, 3.8) is 0 Å². The van der Waals surface area contributed by atoms with Crippen LogP contribution in [0, 0.1) is 5.82 Å². The Kier molecular flexibility index (Phi) is 3.72. The van der Waals surface area contributed by atoms with Crippen LogP contribution in [0.15, 0.2) is 42.5 Å². The van der Waals surface area contributed by atoms with Gasteiger partial charge in [-0.2, -0.15) is 0 Å². The number of nitrogens with one attached hydrogen (secondary N) is 1. The number of phenols is 1. The Hall–Kier alpha value is -1.74. The maximum atomic E-state index is 13.6. The van der Waals surface area contributed by atoms with Crippen LogP contribution < -0.4 is 5.32 Å². The first kappa shape index (κ1) is 12.7. The van der Waals surface area contributed by atoms with E-state index in [0.29, 0.717) is 10.6 Å². The first-order valence-electron chi connectivity index (χ1n) is 5.57. The van der Waals surface area contributed by atoms with Crippen LogP contribution in [0.2, 0.25) is 5.02 Å². The van der Waals surface area contributed by atoms with Gasteiger partial charge in [0, 0.05) is 22.3 Å². The number of halogens is 2. The van der Waals surface area contributed by atoms with Crippen LogP contribution in [0.3, 0.4) is 0 Å². The lowest BCUT2D eigenvalue weighted by molar-refractivity contribution is 0.467. The minimum absolute atomic E-state index is 0.0741. The summed E-state index contributed by atoms with van der Waals surface area (Å²) < 4.78 is 13.6. The zero-order valence-corrected chi connectivity index (χ0v) is 10.6. The van der Waals surface area contributed by atoms with E-state index < -0.39 is 5.82 Å². The van der Waals surface area contributed by atoms with Crippen LogP contribution >= 0.6 is 11.6 Å². The molecule has 0 saturated heterocycles. The van der Waals surface area contributed by atoms with Crippen LogP contribution in [0.5, 0.6) is 5.75 Å². The average molecular weight is 266 g/mol. The minimum atomic E-state index is -0.427. The molecule has 0 radical (unpaired) electrons. The van der Waals surface area contributed by atoms with Crippen LogP contribution in [0.4, 0.5) is 10.1 Å².